The zero-order valence-electron chi connectivity index (χ0n) is 17.7. The second-order valence-corrected chi connectivity index (χ2v) is 9.09. The highest BCUT2D eigenvalue weighted by molar-refractivity contribution is 5.29. The molecule has 2 aromatic rings. The Kier molecular flexibility index (Phi) is 7.00. The minimum Gasteiger partial charge on any atom is -0.307 e. The van der Waals surface area contributed by atoms with Gasteiger partial charge in [0.1, 0.15) is 5.82 Å². The van der Waals surface area contributed by atoms with Crippen molar-refractivity contribution >= 4 is 0 Å². The van der Waals surface area contributed by atoms with E-state index in [9.17, 15) is 17.6 Å². The summed E-state index contributed by atoms with van der Waals surface area (Å²) in [6.07, 6.45) is 6.76. The Balaban J connectivity index is 1.54. The second kappa shape index (κ2) is 9.72. The van der Waals surface area contributed by atoms with E-state index >= 15 is 0 Å². The third-order valence-corrected chi connectivity index (χ3v) is 6.99. The maximum atomic E-state index is 13.5. The lowest BCUT2D eigenvalue weighted by Crippen LogP contribution is -2.40. The summed E-state index contributed by atoms with van der Waals surface area (Å²) in [5.41, 5.74) is 1.43. The average molecular weight is 433 g/mol. The van der Waals surface area contributed by atoms with Gasteiger partial charge in [-0.2, -0.15) is 13.2 Å². The number of hydrogen-bond acceptors (Lipinski definition) is 1. The highest BCUT2D eigenvalue weighted by atomic mass is 19.4. The van der Waals surface area contributed by atoms with Gasteiger partial charge in [0.15, 0.2) is 0 Å². The number of rotatable bonds is 6. The fourth-order valence-electron chi connectivity index (χ4n) is 5.28. The molecular weight excluding hydrogens is 402 g/mol. The van der Waals surface area contributed by atoms with Crippen molar-refractivity contribution in [1.29, 1.82) is 0 Å². The van der Waals surface area contributed by atoms with Gasteiger partial charge in [-0.25, -0.2) is 4.39 Å². The van der Waals surface area contributed by atoms with E-state index < -0.39 is 11.7 Å². The first-order valence-corrected chi connectivity index (χ1v) is 11.4. The Morgan fingerprint density at radius 1 is 0.903 bits per heavy atom. The molecule has 2 aliphatic carbocycles. The molecule has 0 aromatic heterocycles. The van der Waals surface area contributed by atoms with Crippen molar-refractivity contribution in [2.75, 3.05) is 0 Å². The molecule has 0 spiro atoms. The van der Waals surface area contributed by atoms with E-state index in [2.05, 4.69) is 11.7 Å². The van der Waals surface area contributed by atoms with E-state index in [1.807, 2.05) is 12.1 Å². The largest absolute Gasteiger partial charge is 0.416 e. The Morgan fingerprint density at radius 2 is 1.58 bits per heavy atom. The summed E-state index contributed by atoms with van der Waals surface area (Å²) in [7, 11) is 0. The van der Waals surface area contributed by atoms with Gasteiger partial charge < -0.3 is 5.32 Å². The van der Waals surface area contributed by atoms with Crippen molar-refractivity contribution in [2.24, 2.45) is 5.92 Å². The summed E-state index contributed by atoms with van der Waals surface area (Å²) in [6, 6.07) is 12.7. The Bertz CT molecular complexity index is 822. The number of nitrogens with one attached hydrogen (secondary N) is 1. The van der Waals surface area contributed by atoms with Crippen LogP contribution in [-0.2, 0) is 6.18 Å². The van der Waals surface area contributed by atoms with Crippen LogP contribution in [0.1, 0.15) is 80.0 Å². The van der Waals surface area contributed by atoms with Gasteiger partial charge in [0.2, 0.25) is 0 Å². The highest BCUT2D eigenvalue weighted by Gasteiger charge is 2.33. The number of hydrogen-bond donors (Lipinski definition) is 1. The van der Waals surface area contributed by atoms with Gasteiger partial charge in [0, 0.05) is 12.1 Å². The molecule has 0 heterocycles. The monoisotopic (exact) mass is 432 g/mol. The fourth-order valence-corrected chi connectivity index (χ4v) is 5.28. The van der Waals surface area contributed by atoms with Crippen molar-refractivity contribution < 1.29 is 17.6 Å². The molecule has 31 heavy (non-hydrogen) atoms. The molecule has 1 radical (unpaired) electrons. The van der Waals surface area contributed by atoms with E-state index in [1.165, 1.54) is 49.9 Å². The first-order valence-electron chi connectivity index (χ1n) is 11.4. The summed E-state index contributed by atoms with van der Waals surface area (Å²) in [5, 5.41) is 3.85. The van der Waals surface area contributed by atoms with Gasteiger partial charge in [-0.15, -0.1) is 0 Å². The smallest absolute Gasteiger partial charge is 0.307 e. The van der Waals surface area contributed by atoms with Gasteiger partial charge in [0.25, 0.3) is 0 Å². The average Bonchev–Trinajstić information content (AvgIpc) is 3.27. The van der Waals surface area contributed by atoms with Crippen LogP contribution in [0.2, 0.25) is 0 Å². The first kappa shape index (κ1) is 22.3. The predicted molar refractivity (Wildman–Crippen MR) is 115 cm³/mol. The normalized spacial score (nSPS) is 23.7. The molecular formula is C26H30F4N. The van der Waals surface area contributed by atoms with Crippen molar-refractivity contribution in [3.63, 3.8) is 0 Å². The van der Waals surface area contributed by atoms with Gasteiger partial charge >= 0.3 is 6.18 Å². The Labute approximate surface area is 182 Å². The molecule has 167 valence electrons. The fraction of sp³-hybridized carbons (Fsp3) is 0.500. The lowest BCUT2D eigenvalue weighted by atomic mass is 9.79. The molecule has 2 aromatic carbocycles. The topological polar surface area (TPSA) is 12.0 Å². The summed E-state index contributed by atoms with van der Waals surface area (Å²) in [5.74, 6) is 0.572. The summed E-state index contributed by atoms with van der Waals surface area (Å²) >= 11 is 0. The standard InChI is InChI=1S/C26H30F4N/c27-22-15-11-20(12-16-22)25(17-18-5-1-2-6-18)31-24-8-4-3-7-23(24)19-9-13-21(14-10-19)26(28,29)30/h3,9-16,18,23-25,31H,1-2,4-8,17H2/t23-,24+,25?/m0/s1. The quantitative estimate of drug-likeness (QED) is 0.464. The molecule has 5 heteroatoms. The predicted octanol–water partition coefficient (Wildman–Crippen LogP) is 7.60. The molecule has 1 unspecified atom stereocenters. The summed E-state index contributed by atoms with van der Waals surface area (Å²) in [4.78, 5) is 0. The van der Waals surface area contributed by atoms with Gasteiger partial charge in [-0.1, -0.05) is 49.9 Å². The van der Waals surface area contributed by atoms with E-state index in [0.717, 1.165) is 36.8 Å². The van der Waals surface area contributed by atoms with Crippen LogP contribution in [0.15, 0.2) is 48.5 Å². The van der Waals surface area contributed by atoms with Crippen LogP contribution in [0.5, 0.6) is 0 Å². The van der Waals surface area contributed by atoms with Crippen molar-refractivity contribution in [3.05, 3.63) is 77.5 Å². The van der Waals surface area contributed by atoms with E-state index in [4.69, 9.17) is 0 Å². The Hall–Kier alpha value is -1.88. The van der Waals surface area contributed by atoms with Crippen LogP contribution in [0.25, 0.3) is 0 Å². The molecule has 2 saturated carbocycles. The minimum absolute atomic E-state index is 0.128. The third kappa shape index (κ3) is 5.68. The van der Waals surface area contributed by atoms with Crippen LogP contribution in [0.4, 0.5) is 17.6 Å². The Morgan fingerprint density at radius 3 is 2.23 bits per heavy atom. The van der Waals surface area contributed by atoms with E-state index in [0.29, 0.717) is 5.92 Å². The van der Waals surface area contributed by atoms with Crippen LogP contribution in [-0.4, -0.2) is 6.04 Å². The van der Waals surface area contributed by atoms with E-state index in [-0.39, 0.29) is 23.8 Å². The lowest BCUT2D eigenvalue weighted by molar-refractivity contribution is -0.137. The zero-order chi connectivity index (χ0) is 21.8. The SMILES string of the molecule is Fc1ccc(C(CC2CCCC2)N[C@@H]2CC[CH]C[C@H]2c2ccc(C(F)(F)F)cc2)cc1. The number of halogens is 4. The molecule has 0 amide bonds. The number of benzene rings is 2. The van der Waals surface area contributed by atoms with Crippen molar-refractivity contribution in [3.8, 4) is 0 Å². The molecule has 1 N–H and O–H groups in total. The van der Waals surface area contributed by atoms with Gasteiger partial charge in [0.05, 0.1) is 5.56 Å². The molecule has 0 saturated heterocycles. The lowest BCUT2D eigenvalue weighted by Gasteiger charge is -2.36. The number of alkyl halides is 3. The molecule has 4 rings (SSSR count). The molecule has 0 bridgehead atoms. The van der Waals surface area contributed by atoms with E-state index in [1.54, 1.807) is 12.1 Å². The minimum atomic E-state index is -4.32. The molecule has 2 aliphatic rings. The summed E-state index contributed by atoms with van der Waals surface area (Å²) < 4.78 is 52.4. The molecule has 2 fully saturated rings. The maximum Gasteiger partial charge on any atom is 0.416 e. The summed E-state index contributed by atoms with van der Waals surface area (Å²) in [6.45, 7) is 0. The molecule has 3 atom stereocenters. The highest BCUT2D eigenvalue weighted by Crippen LogP contribution is 2.38. The third-order valence-electron chi connectivity index (χ3n) is 6.99. The van der Waals surface area contributed by atoms with Crippen LogP contribution in [0.3, 0.4) is 0 Å². The molecule has 0 aliphatic heterocycles. The van der Waals surface area contributed by atoms with Gasteiger partial charge in [-0.05, 0) is 79.3 Å². The van der Waals surface area contributed by atoms with Crippen LogP contribution in [0, 0.1) is 18.2 Å². The van der Waals surface area contributed by atoms with Crippen LogP contribution >= 0.6 is 0 Å². The molecule has 1 nitrogen and oxygen atoms in total. The van der Waals surface area contributed by atoms with Crippen molar-refractivity contribution in [1.82, 2.24) is 5.32 Å². The first-order chi connectivity index (χ1) is 14.9. The van der Waals surface area contributed by atoms with Crippen LogP contribution < -0.4 is 5.32 Å². The van der Waals surface area contributed by atoms with Crippen molar-refractivity contribution in [2.45, 2.75) is 75.5 Å². The maximum absolute atomic E-state index is 13.5. The second-order valence-electron chi connectivity index (χ2n) is 9.09. The zero-order valence-corrected chi connectivity index (χ0v) is 17.7. The van der Waals surface area contributed by atoms with Gasteiger partial charge in [-0.3, -0.25) is 0 Å².